The van der Waals surface area contributed by atoms with Gasteiger partial charge in [0.25, 0.3) is 0 Å². The van der Waals surface area contributed by atoms with Gasteiger partial charge in [-0.25, -0.2) is 0 Å². The lowest BCUT2D eigenvalue weighted by molar-refractivity contribution is 0.288. The Morgan fingerprint density at radius 1 is 1.22 bits per heavy atom. The van der Waals surface area contributed by atoms with Crippen LogP contribution in [0.5, 0.6) is 0 Å². The van der Waals surface area contributed by atoms with E-state index in [1.165, 1.54) is 0 Å². The molecule has 0 atom stereocenters. The Balaban J connectivity index is 2.28. The van der Waals surface area contributed by atoms with Crippen LogP contribution in [0.2, 0.25) is 0 Å². The highest BCUT2D eigenvalue weighted by Crippen LogP contribution is 1.78. The number of hydrogen-bond donors (Lipinski definition) is 2. The van der Waals surface area contributed by atoms with E-state index in [4.69, 9.17) is 4.74 Å². The molecule has 0 aromatic rings. The van der Waals surface area contributed by atoms with Crippen LogP contribution in [-0.2, 0) is 4.74 Å². The molecule has 0 aromatic carbocycles. The Morgan fingerprint density at radius 3 is 3.11 bits per heavy atom. The standard InChI is InChI=1S/C6H10N2O/c1-2-7-6-8-3-5-9-4-1/h1-3,5,7-8H,4,6H2/b2-1?,5-3-. The maximum atomic E-state index is 4.98. The van der Waals surface area contributed by atoms with Crippen LogP contribution < -0.4 is 10.6 Å². The zero-order chi connectivity index (χ0) is 6.36. The van der Waals surface area contributed by atoms with Crippen molar-refractivity contribution in [2.45, 2.75) is 0 Å². The highest BCUT2D eigenvalue weighted by Gasteiger charge is 1.78. The molecule has 1 rings (SSSR count). The highest BCUT2D eigenvalue weighted by atomic mass is 16.5. The lowest BCUT2D eigenvalue weighted by atomic mass is 10.6. The maximum absolute atomic E-state index is 4.98. The highest BCUT2D eigenvalue weighted by molar-refractivity contribution is 4.83. The van der Waals surface area contributed by atoms with E-state index >= 15 is 0 Å². The van der Waals surface area contributed by atoms with E-state index in [1.54, 1.807) is 12.5 Å². The Labute approximate surface area is 54.4 Å². The molecule has 9 heavy (non-hydrogen) atoms. The van der Waals surface area contributed by atoms with Crippen LogP contribution in [-0.4, -0.2) is 13.3 Å². The lowest BCUT2D eigenvalue weighted by Crippen LogP contribution is -2.19. The fourth-order valence-corrected chi connectivity index (χ4v) is 0.516. The molecular weight excluding hydrogens is 116 g/mol. The average molecular weight is 126 g/mol. The minimum Gasteiger partial charge on any atom is -0.496 e. The van der Waals surface area contributed by atoms with Gasteiger partial charge in [-0.15, -0.1) is 0 Å². The summed E-state index contributed by atoms with van der Waals surface area (Å²) < 4.78 is 4.98. The molecule has 50 valence electrons. The van der Waals surface area contributed by atoms with Crippen molar-refractivity contribution < 1.29 is 4.74 Å². The molecule has 0 fully saturated rings. The third-order valence-electron chi connectivity index (χ3n) is 0.914. The Kier molecular flexibility index (Phi) is 2.56. The van der Waals surface area contributed by atoms with Crippen molar-refractivity contribution in [3.63, 3.8) is 0 Å². The van der Waals surface area contributed by atoms with Crippen LogP contribution in [0.3, 0.4) is 0 Å². The van der Waals surface area contributed by atoms with E-state index in [2.05, 4.69) is 10.6 Å². The number of rotatable bonds is 0. The van der Waals surface area contributed by atoms with Gasteiger partial charge in [-0.3, -0.25) is 0 Å². The summed E-state index contributed by atoms with van der Waals surface area (Å²) in [5.41, 5.74) is 0. The van der Waals surface area contributed by atoms with Crippen molar-refractivity contribution in [2.24, 2.45) is 0 Å². The Hall–Kier alpha value is -1.12. The smallest absolute Gasteiger partial charge is 0.107 e. The fourth-order valence-electron chi connectivity index (χ4n) is 0.516. The van der Waals surface area contributed by atoms with Crippen LogP contribution in [0.1, 0.15) is 0 Å². The molecule has 1 heterocycles. The molecule has 3 nitrogen and oxygen atoms in total. The molecule has 0 saturated heterocycles. The lowest BCUT2D eigenvalue weighted by Gasteiger charge is -1.96. The summed E-state index contributed by atoms with van der Waals surface area (Å²) >= 11 is 0. The number of nitrogens with one attached hydrogen (secondary N) is 2. The Morgan fingerprint density at radius 2 is 2.11 bits per heavy atom. The fraction of sp³-hybridized carbons (Fsp3) is 0.333. The van der Waals surface area contributed by atoms with Gasteiger partial charge >= 0.3 is 0 Å². The molecule has 2 N–H and O–H groups in total. The van der Waals surface area contributed by atoms with Crippen LogP contribution in [0.15, 0.2) is 24.7 Å². The molecule has 0 aromatic heterocycles. The number of ether oxygens (including phenoxy) is 1. The minimum absolute atomic E-state index is 0.630. The quantitative estimate of drug-likeness (QED) is 0.484. The van der Waals surface area contributed by atoms with Gasteiger partial charge in [0.1, 0.15) is 6.61 Å². The van der Waals surface area contributed by atoms with Crippen LogP contribution in [0.4, 0.5) is 0 Å². The first-order valence-corrected chi connectivity index (χ1v) is 2.88. The van der Waals surface area contributed by atoms with Crippen molar-refractivity contribution in [3.8, 4) is 0 Å². The summed E-state index contributed by atoms with van der Waals surface area (Å²) in [5.74, 6) is 0. The SMILES string of the molecule is C1=CNCN/C=C\OC1. The largest absolute Gasteiger partial charge is 0.496 e. The molecule has 0 spiro atoms. The van der Waals surface area contributed by atoms with Crippen molar-refractivity contribution in [3.05, 3.63) is 24.7 Å². The zero-order valence-corrected chi connectivity index (χ0v) is 5.13. The van der Waals surface area contributed by atoms with Crippen molar-refractivity contribution in [2.75, 3.05) is 13.3 Å². The molecular formula is C6H10N2O. The second kappa shape index (κ2) is 3.83. The van der Waals surface area contributed by atoms with Crippen molar-refractivity contribution in [1.29, 1.82) is 0 Å². The molecule has 0 saturated carbocycles. The molecule has 0 aliphatic carbocycles. The van der Waals surface area contributed by atoms with Crippen molar-refractivity contribution in [1.82, 2.24) is 10.6 Å². The summed E-state index contributed by atoms with van der Waals surface area (Å²) in [4.78, 5) is 0. The van der Waals surface area contributed by atoms with E-state index in [1.807, 2.05) is 12.3 Å². The van der Waals surface area contributed by atoms with E-state index in [0.717, 1.165) is 6.67 Å². The third kappa shape index (κ3) is 2.64. The first-order valence-electron chi connectivity index (χ1n) is 2.88. The zero-order valence-electron chi connectivity index (χ0n) is 5.13. The second-order valence-corrected chi connectivity index (χ2v) is 1.62. The van der Waals surface area contributed by atoms with Gasteiger partial charge in [-0.05, 0) is 12.3 Å². The first-order chi connectivity index (χ1) is 4.50. The monoisotopic (exact) mass is 126 g/mol. The summed E-state index contributed by atoms with van der Waals surface area (Å²) in [7, 11) is 0. The van der Waals surface area contributed by atoms with Gasteiger partial charge in [0.2, 0.25) is 0 Å². The summed E-state index contributed by atoms with van der Waals surface area (Å²) in [6, 6.07) is 0. The van der Waals surface area contributed by atoms with Gasteiger partial charge in [0, 0.05) is 6.20 Å². The van der Waals surface area contributed by atoms with Gasteiger partial charge in [0.15, 0.2) is 0 Å². The molecule has 0 bridgehead atoms. The first kappa shape index (κ1) is 6.01. The molecule has 0 unspecified atom stereocenters. The maximum Gasteiger partial charge on any atom is 0.107 e. The van der Waals surface area contributed by atoms with Crippen LogP contribution >= 0.6 is 0 Å². The normalized spacial score (nSPS) is 21.3. The van der Waals surface area contributed by atoms with Crippen LogP contribution in [0.25, 0.3) is 0 Å². The van der Waals surface area contributed by atoms with E-state index in [9.17, 15) is 0 Å². The molecule has 0 amide bonds. The second-order valence-electron chi connectivity index (χ2n) is 1.62. The van der Waals surface area contributed by atoms with Gasteiger partial charge < -0.3 is 15.4 Å². The molecule has 1 aliphatic rings. The van der Waals surface area contributed by atoms with E-state index in [0.29, 0.717) is 6.61 Å². The van der Waals surface area contributed by atoms with Crippen molar-refractivity contribution >= 4 is 0 Å². The van der Waals surface area contributed by atoms with Gasteiger partial charge in [-0.2, -0.15) is 0 Å². The summed E-state index contributed by atoms with van der Waals surface area (Å²) in [5, 5.41) is 5.96. The third-order valence-corrected chi connectivity index (χ3v) is 0.914. The molecule has 0 radical (unpaired) electrons. The van der Waals surface area contributed by atoms with Gasteiger partial charge in [0.05, 0.1) is 12.9 Å². The predicted octanol–water partition coefficient (Wildman–Crippen LogP) is 0.138. The minimum atomic E-state index is 0.630. The molecule has 3 heteroatoms. The van der Waals surface area contributed by atoms with E-state index < -0.39 is 0 Å². The summed E-state index contributed by atoms with van der Waals surface area (Å²) in [6.07, 6.45) is 7.18. The van der Waals surface area contributed by atoms with Gasteiger partial charge in [-0.1, -0.05) is 0 Å². The molecule has 1 aliphatic heterocycles. The van der Waals surface area contributed by atoms with E-state index in [-0.39, 0.29) is 0 Å². The Bertz CT molecular complexity index is 106. The summed E-state index contributed by atoms with van der Waals surface area (Å²) in [6.45, 7) is 1.38. The predicted molar refractivity (Wildman–Crippen MR) is 35.4 cm³/mol. The average Bonchev–Trinajstić information content (AvgIpc) is 2.00. The topological polar surface area (TPSA) is 33.3 Å². The number of hydrogen-bond acceptors (Lipinski definition) is 3. The van der Waals surface area contributed by atoms with Crippen LogP contribution in [0, 0.1) is 0 Å².